The lowest BCUT2D eigenvalue weighted by atomic mass is 10.0. The monoisotopic (exact) mass is 271 g/mol. The summed E-state index contributed by atoms with van der Waals surface area (Å²) in [6, 6.07) is 10.9. The summed E-state index contributed by atoms with van der Waals surface area (Å²) >= 11 is 0. The topological polar surface area (TPSA) is 42.1 Å². The normalized spacial score (nSPS) is 13.3. The first-order chi connectivity index (χ1) is 9.65. The third kappa shape index (κ3) is 3.35. The molecule has 0 aliphatic carbocycles. The molecule has 108 valence electrons. The van der Waals surface area contributed by atoms with Crippen LogP contribution in [0.4, 0.5) is 0 Å². The van der Waals surface area contributed by atoms with E-state index in [1.165, 1.54) is 10.9 Å². The summed E-state index contributed by atoms with van der Waals surface area (Å²) in [5.74, 6) is 0.645. The zero-order chi connectivity index (χ0) is 14.5. The van der Waals surface area contributed by atoms with Gasteiger partial charge in [0.15, 0.2) is 0 Å². The Morgan fingerprint density at radius 1 is 1.25 bits per heavy atom. The standard InChI is InChI=1S/C17H25N3/c1-4-20(12-13(2)3)17(11-18)15-7-8-16-14(10-15)6-5-9-19-16/h5-10,13,17H,4,11-12,18H2,1-3H3. The highest BCUT2D eigenvalue weighted by Gasteiger charge is 2.18. The van der Waals surface area contributed by atoms with Crippen molar-refractivity contribution >= 4 is 10.9 Å². The van der Waals surface area contributed by atoms with E-state index in [4.69, 9.17) is 5.73 Å². The molecule has 20 heavy (non-hydrogen) atoms. The number of nitrogens with zero attached hydrogens (tertiary/aromatic N) is 2. The second-order valence-corrected chi connectivity index (χ2v) is 5.69. The molecule has 0 radical (unpaired) electrons. The van der Waals surface area contributed by atoms with Crippen LogP contribution >= 0.6 is 0 Å². The minimum absolute atomic E-state index is 0.284. The van der Waals surface area contributed by atoms with E-state index in [-0.39, 0.29) is 6.04 Å². The maximum atomic E-state index is 6.04. The molecule has 0 aliphatic rings. The third-order valence-electron chi connectivity index (χ3n) is 3.68. The van der Waals surface area contributed by atoms with Crippen molar-refractivity contribution in [2.45, 2.75) is 26.8 Å². The average Bonchev–Trinajstić information content (AvgIpc) is 2.46. The minimum Gasteiger partial charge on any atom is -0.329 e. The average molecular weight is 271 g/mol. The van der Waals surface area contributed by atoms with Crippen LogP contribution in [0.3, 0.4) is 0 Å². The predicted molar refractivity (Wildman–Crippen MR) is 85.6 cm³/mol. The molecule has 1 atom stereocenters. The van der Waals surface area contributed by atoms with Crippen LogP contribution in [0.2, 0.25) is 0 Å². The highest BCUT2D eigenvalue weighted by Crippen LogP contribution is 2.24. The number of rotatable bonds is 6. The summed E-state index contributed by atoms with van der Waals surface area (Å²) in [6.45, 7) is 9.44. The molecule has 2 aromatic rings. The summed E-state index contributed by atoms with van der Waals surface area (Å²) in [5.41, 5.74) is 8.37. The van der Waals surface area contributed by atoms with Gasteiger partial charge in [0.1, 0.15) is 0 Å². The van der Waals surface area contributed by atoms with Crippen LogP contribution in [0.1, 0.15) is 32.4 Å². The zero-order valence-electron chi connectivity index (χ0n) is 12.7. The Kier molecular flexibility index (Phi) is 5.10. The fraction of sp³-hybridized carbons (Fsp3) is 0.471. The highest BCUT2D eigenvalue weighted by molar-refractivity contribution is 5.79. The van der Waals surface area contributed by atoms with Gasteiger partial charge in [-0.3, -0.25) is 9.88 Å². The van der Waals surface area contributed by atoms with Crippen molar-refractivity contribution in [3.05, 3.63) is 42.1 Å². The second kappa shape index (κ2) is 6.82. The summed E-state index contributed by atoms with van der Waals surface area (Å²) in [4.78, 5) is 6.84. The summed E-state index contributed by atoms with van der Waals surface area (Å²) in [5, 5.41) is 1.18. The van der Waals surface area contributed by atoms with E-state index in [1.54, 1.807) is 0 Å². The van der Waals surface area contributed by atoms with Gasteiger partial charge in [-0.05, 0) is 36.2 Å². The second-order valence-electron chi connectivity index (χ2n) is 5.69. The fourth-order valence-corrected chi connectivity index (χ4v) is 2.74. The molecule has 0 amide bonds. The van der Waals surface area contributed by atoms with Gasteiger partial charge in [0, 0.05) is 30.7 Å². The van der Waals surface area contributed by atoms with E-state index in [0.29, 0.717) is 12.5 Å². The molecule has 0 bridgehead atoms. The largest absolute Gasteiger partial charge is 0.329 e. The number of hydrogen-bond donors (Lipinski definition) is 1. The first-order valence-corrected chi connectivity index (χ1v) is 7.44. The maximum absolute atomic E-state index is 6.04. The Hall–Kier alpha value is -1.45. The van der Waals surface area contributed by atoms with Crippen LogP contribution in [0, 0.1) is 5.92 Å². The SMILES string of the molecule is CCN(CC(C)C)C(CN)c1ccc2ncccc2c1. The van der Waals surface area contributed by atoms with Crippen molar-refractivity contribution in [1.82, 2.24) is 9.88 Å². The Morgan fingerprint density at radius 2 is 2.05 bits per heavy atom. The molecule has 1 heterocycles. The van der Waals surface area contributed by atoms with Gasteiger partial charge in [0.2, 0.25) is 0 Å². The zero-order valence-corrected chi connectivity index (χ0v) is 12.7. The Balaban J connectivity index is 2.32. The van der Waals surface area contributed by atoms with E-state index in [1.807, 2.05) is 12.3 Å². The van der Waals surface area contributed by atoms with Gasteiger partial charge in [-0.15, -0.1) is 0 Å². The van der Waals surface area contributed by atoms with E-state index in [2.05, 4.69) is 54.9 Å². The molecular formula is C17H25N3. The summed E-state index contributed by atoms with van der Waals surface area (Å²) < 4.78 is 0. The van der Waals surface area contributed by atoms with E-state index in [0.717, 1.165) is 18.6 Å². The van der Waals surface area contributed by atoms with Crippen molar-refractivity contribution < 1.29 is 0 Å². The van der Waals surface area contributed by atoms with Crippen LogP contribution in [0.15, 0.2) is 36.5 Å². The molecule has 1 aromatic carbocycles. The summed E-state index contributed by atoms with van der Waals surface area (Å²) in [6.07, 6.45) is 1.83. The lowest BCUT2D eigenvalue weighted by Crippen LogP contribution is -2.36. The molecule has 0 saturated heterocycles. The first kappa shape index (κ1) is 14.9. The molecule has 0 saturated carbocycles. The van der Waals surface area contributed by atoms with Crippen molar-refractivity contribution in [3.8, 4) is 0 Å². The van der Waals surface area contributed by atoms with Crippen LogP contribution < -0.4 is 5.73 Å². The van der Waals surface area contributed by atoms with Gasteiger partial charge in [0.25, 0.3) is 0 Å². The van der Waals surface area contributed by atoms with Gasteiger partial charge in [0.05, 0.1) is 5.52 Å². The number of nitrogens with two attached hydrogens (primary N) is 1. The molecule has 0 aliphatic heterocycles. The van der Waals surface area contributed by atoms with Crippen molar-refractivity contribution in [2.75, 3.05) is 19.6 Å². The Bertz CT molecular complexity index is 551. The highest BCUT2D eigenvalue weighted by atomic mass is 15.2. The van der Waals surface area contributed by atoms with E-state index < -0.39 is 0 Å². The fourth-order valence-electron chi connectivity index (χ4n) is 2.74. The van der Waals surface area contributed by atoms with Gasteiger partial charge in [-0.1, -0.05) is 32.9 Å². The smallest absolute Gasteiger partial charge is 0.0702 e. The van der Waals surface area contributed by atoms with Gasteiger partial charge in [-0.25, -0.2) is 0 Å². The molecular weight excluding hydrogens is 246 g/mol. The summed E-state index contributed by atoms with van der Waals surface area (Å²) in [7, 11) is 0. The predicted octanol–water partition coefficient (Wildman–Crippen LogP) is 3.21. The molecule has 1 unspecified atom stereocenters. The van der Waals surface area contributed by atoms with Crippen LogP contribution in [0.5, 0.6) is 0 Å². The lowest BCUT2D eigenvalue weighted by molar-refractivity contribution is 0.189. The van der Waals surface area contributed by atoms with Crippen LogP contribution in [0.25, 0.3) is 10.9 Å². The van der Waals surface area contributed by atoms with Crippen molar-refractivity contribution in [3.63, 3.8) is 0 Å². The van der Waals surface area contributed by atoms with Gasteiger partial charge in [-0.2, -0.15) is 0 Å². The van der Waals surface area contributed by atoms with E-state index >= 15 is 0 Å². The van der Waals surface area contributed by atoms with Crippen molar-refractivity contribution in [2.24, 2.45) is 11.7 Å². The quantitative estimate of drug-likeness (QED) is 0.877. The Labute approximate surface area is 121 Å². The molecule has 1 aromatic heterocycles. The van der Waals surface area contributed by atoms with Crippen LogP contribution in [-0.4, -0.2) is 29.5 Å². The minimum atomic E-state index is 0.284. The Morgan fingerprint density at radius 3 is 2.70 bits per heavy atom. The number of likely N-dealkylation sites (N-methyl/N-ethyl adjacent to an activating group) is 1. The van der Waals surface area contributed by atoms with Gasteiger partial charge >= 0.3 is 0 Å². The molecule has 2 rings (SSSR count). The first-order valence-electron chi connectivity index (χ1n) is 7.44. The number of benzene rings is 1. The van der Waals surface area contributed by atoms with Crippen LogP contribution in [-0.2, 0) is 0 Å². The molecule has 2 N–H and O–H groups in total. The van der Waals surface area contributed by atoms with Crippen molar-refractivity contribution in [1.29, 1.82) is 0 Å². The lowest BCUT2D eigenvalue weighted by Gasteiger charge is -2.31. The van der Waals surface area contributed by atoms with Gasteiger partial charge < -0.3 is 5.73 Å². The van der Waals surface area contributed by atoms with E-state index in [9.17, 15) is 0 Å². The third-order valence-corrected chi connectivity index (χ3v) is 3.68. The number of hydrogen-bond acceptors (Lipinski definition) is 3. The number of aromatic nitrogens is 1. The maximum Gasteiger partial charge on any atom is 0.0702 e. The number of pyridine rings is 1. The molecule has 3 nitrogen and oxygen atoms in total. The number of fused-ring (bicyclic) bond motifs is 1. The molecule has 0 spiro atoms. The molecule has 0 fully saturated rings. The molecule has 3 heteroatoms.